The smallest absolute Gasteiger partial charge is 0.0683 e. The van der Waals surface area contributed by atoms with Gasteiger partial charge in [-0.15, -0.1) is 0 Å². The van der Waals surface area contributed by atoms with Gasteiger partial charge in [0.1, 0.15) is 0 Å². The zero-order valence-electron chi connectivity index (χ0n) is 13.4. The van der Waals surface area contributed by atoms with Crippen LogP contribution in [0.15, 0.2) is 0 Å². The van der Waals surface area contributed by atoms with Gasteiger partial charge in [-0.25, -0.2) is 0 Å². The first kappa shape index (κ1) is 16.5. The molecular formula is C17H32N2. The lowest BCUT2D eigenvalue weighted by molar-refractivity contribution is 0.160. The van der Waals surface area contributed by atoms with Crippen molar-refractivity contribution in [2.75, 3.05) is 13.6 Å². The van der Waals surface area contributed by atoms with Crippen LogP contribution in [0, 0.1) is 22.7 Å². The molecule has 0 radical (unpaired) electrons. The summed E-state index contributed by atoms with van der Waals surface area (Å²) in [5, 5.41) is 8.99. The van der Waals surface area contributed by atoms with Crippen molar-refractivity contribution in [1.29, 1.82) is 5.26 Å². The predicted octanol–water partition coefficient (Wildman–Crippen LogP) is 4.61. The van der Waals surface area contributed by atoms with E-state index >= 15 is 0 Å². The van der Waals surface area contributed by atoms with E-state index in [1.54, 1.807) is 0 Å². The normalized spacial score (nSPS) is 24.4. The molecule has 19 heavy (non-hydrogen) atoms. The van der Waals surface area contributed by atoms with Crippen LogP contribution in [-0.4, -0.2) is 24.5 Å². The van der Waals surface area contributed by atoms with Gasteiger partial charge >= 0.3 is 0 Å². The van der Waals surface area contributed by atoms with Crippen molar-refractivity contribution >= 4 is 0 Å². The van der Waals surface area contributed by atoms with Crippen molar-refractivity contribution < 1.29 is 0 Å². The van der Waals surface area contributed by atoms with E-state index in [0.717, 1.165) is 18.4 Å². The lowest BCUT2D eigenvalue weighted by atomic mass is 9.84. The largest absolute Gasteiger partial charge is 0.303 e. The molecule has 1 saturated carbocycles. The highest BCUT2D eigenvalue weighted by Crippen LogP contribution is 2.29. The fourth-order valence-corrected chi connectivity index (χ4v) is 3.16. The van der Waals surface area contributed by atoms with Crippen LogP contribution in [0.2, 0.25) is 0 Å². The van der Waals surface area contributed by atoms with Crippen molar-refractivity contribution in [2.24, 2.45) is 11.3 Å². The highest BCUT2D eigenvalue weighted by molar-refractivity contribution is 4.91. The summed E-state index contributed by atoms with van der Waals surface area (Å²) in [7, 11) is 2.28. The van der Waals surface area contributed by atoms with E-state index in [-0.39, 0.29) is 5.41 Å². The molecule has 0 aliphatic heterocycles. The first-order valence-electron chi connectivity index (χ1n) is 8.10. The Hall–Kier alpha value is -0.550. The third kappa shape index (κ3) is 5.95. The molecule has 0 amide bonds. The number of hydrogen-bond donors (Lipinski definition) is 0. The highest BCUT2D eigenvalue weighted by Gasteiger charge is 2.23. The van der Waals surface area contributed by atoms with Crippen LogP contribution in [0.4, 0.5) is 0 Å². The third-order valence-electron chi connectivity index (χ3n) is 4.88. The Morgan fingerprint density at radius 1 is 1.16 bits per heavy atom. The standard InChI is InChI=1S/C17H32N2/c1-5-15-8-10-16(11-9-15)19(4)13-7-6-12-17(2,3)14-18/h15-16H,5-13H2,1-4H3. The Morgan fingerprint density at radius 2 is 1.79 bits per heavy atom. The lowest BCUT2D eigenvalue weighted by Gasteiger charge is -2.34. The molecule has 2 heteroatoms. The van der Waals surface area contributed by atoms with Gasteiger partial charge in [0.2, 0.25) is 0 Å². The van der Waals surface area contributed by atoms with Crippen LogP contribution in [0.5, 0.6) is 0 Å². The summed E-state index contributed by atoms with van der Waals surface area (Å²) in [4.78, 5) is 2.56. The maximum atomic E-state index is 8.99. The van der Waals surface area contributed by atoms with Crippen LogP contribution in [0.1, 0.15) is 72.1 Å². The molecule has 1 fully saturated rings. The topological polar surface area (TPSA) is 27.0 Å². The number of hydrogen-bond acceptors (Lipinski definition) is 2. The molecule has 1 aliphatic rings. The van der Waals surface area contributed by atoms with E-state index in [2.05, 4.69) is 24.9 Å². The molecule has 2 nitrogen and oxygen atoms in total. The predicted molar refractivity (Wildman–Crippen MR) is 81.9 cm³/mol. The summed E-state index contributed by atoms with van der Waals surface area (Å²) in [5.41, 5.74) is -0.141. The van der Waals surface area contributed by atoms with Crippen molar-refractivity contribution in [3.05, 3.63) is 0 Å². The summed E-state index contributed by atoms with van der Waals surface area (Å²) in [5.74, 6) is 0.987. The summed E-state index contributed by atoms with van der Waals surface area (Å²) < 4.78 is 0. The maximum absolute atomic E-state index is 8.99. The Bertz CT molecular complexity index is 282. The molecule has 0 unspecified atom stereocenters. The molecule has 0 aromatic heterocycles. The monoisotopic (exact) mass is 264 g/mol. The van der Waals surface area contributed by atoms with E-state index in [0.29, 0.717) is 0 Å². The first-order valence-corrected chi connectivity index (χ1v) is 8.10. The average molecular weight is 264 g/mol. The third-order valence-corrected chi connectivity index (χ3v) is 4.88. The van der Waals surface area contributed by atoms with Crippen molar-refractivity contribution in [2.45, 2.75) is 78.2 Å². The van der Waals surface area contributed by atoms with E-state index < -0.39 is 0 Å². The molecule has 0 spiro atoms. The molecule has 0 bridgehead atoms. The molecule has 0 atom stereocenters. The van der Waals surface area contributed by atoms with Gasteiger partial charge in [0.15, 0.2) is 0 Å². The molecule has 0 heterocycles. The summed E-state index contributed by atoms with van der Waals surface area (Å²) in [6, 6.07) is 3.20. The molecule has 0 N–H and O–H groups in total. The molecule has 110 valence electrons. The average Bonchev–Trinajstić information content (AvgIpc) is 2.43. The second kappa shape index (κ2) is 7.90. The zero-order valence-corrected chi connectivity index (χ0v) is 13.4. The van der Waals surface area contributed by atoms with E-state index in [1.807, 2.05) is 13.8 Å². The van der Waals surface area contributed by atoms with E-state index in [9.17, 15) is 0 Å². The number of nitrogens with zero attached hydrogens (tertiary/aromatic N) is 2. The Labute approximate surface area is 120 Å². The van der Waals surface area contributed by atoms with Crippen LogP contribution < -0.4 is 0 Å². The lowest BCUT2D eigenvalue weighted by Crippen LogP contribution is -2.35. The Morgan fingerprint density at radius 3 is 2.32 bits per heavy atom. The highest BCUT2D eigenvalue weighted by atomic mass is 15.1. The summed E-state index contributed by atoms with van der Waals surface area (Å²) in [6.07, 6.45) is 10.4. The zero-order chi connectivity index (χ0) is 14.3. The Kier molecular flexibility index (Phi) is 6.86. The van der Waals surface area contributed by atoms with Gasteiger partial charge in [-0.1, -0.05) is 19.8 Å². The second-order valence-electron chi connectivity index (χ2n) is 7.02. The van der Waals surface area contributed by atoms with E-state index in [4.69, 9.17) is 5.26 Å². The second-order valence-corrected chi connectivity index (χ2v) is 7.02. The van der Waals surface area contributed by atoms with Gasteiger partial charge in [-0.2, -0.15) is 5.26 Å². The minimum Gasteiger partial charge on any atom is -0.303 e. The number of nitriles is 1. The van der Waals surface area contributed by atoms with Gasteiger partial charge in [0, 0.05) is 6.04 Å². The fraction of sp³-hybridized carbons (Fsp3) is 0.941. The minimum absolute atomic E-state index is 0.141. The molecule has 0 saturated heterocycles. The fourth-order valence-electron chi connectivity index (χ4n) is 3.16. The van der Waals surface area contributed by atoms with Gasteiger partial charge in [-0.05, 0) is 71.9 Å². The van der Waals surface area contributed by atoms with E-state index in [1.165, 1.54) is 51.5 Å². The quantitative estimate of drug-likeness (QED) is 0.628. The first-order chi connectivity index (χ1) is 8.98. The minimum atomic E-state index is -0.141. The molecule has 1 aliphatic carbocycles. The van der Waals surface area contributed by atoms with Crippen molar-refractivity contribution in [3.63, 3.8) is 0 Å². The maximum Gasteiger partial charge on any atom is 0.0683 e. The van der Waals surface area contributed by atoms with Crippen LogP contribution in [-0.2, 0) is 0 Å². The van der Waals surface area contributed by atoms with Gasteiger partial charge in [-0.3, -0.25) is 0 Å². The summed E-state index contributed by atoms with van der Waals surface area (Å²) in [6.45, 7) is 7.61. The van der Waals surface area contributed by atoms with Crippen LogP contribution in [0.3, 0.4) is 0 Å². The van der Waals surface area contributed by atoms with Crippen molar-refractivity contribution in [1.82, 2.24) is 4.90 Å². The van der Waals surface area contributed by atoms with Gasteiger partial charge in [0.05, 0.1) is 11.5 Å². The molecule has 1 rings (SSSR count). The molecule has 0 aromatic carbocycles. The Balaban J connectivity index is 2.15. The SMILES string of the molecule is CCC1CCC(N(C)CCCCC(C)(C)C#N)CC1. The van der Waals surface area contributed by atoms with Crippen LogP contribution in [0.25, 0.3) is 0 Å². The van der Waals surface area contributed by atoms with Gasteiger partial charge in [0.25, 0.3) is 0 Å². The van der Waals surface area contributed by atoms with Crippen LogP contribution >= 0.6 is 0 Å². The van der Waals surface area contributed by atoms with Gasteiger partial charge < -0.3 is 4.90 Å². The summed E-state index contributed by atoms with van der Waals surface area (Å²) >= 11 is 0. The number of rotatable bonds is 7. The van der Waals surface area contributed by atoms with Crippen molar-refractivity contribution in [3.8, 4) is 6.07 Å². The molecular weight excluding hydrogens is 232 g/mol. The molecule has 0 aromatic rings. The number of unbranched alkanes of at least 4 members (excludes halogenated alkanes) is 1.